The number of hydrogen-bond acceptors (Lipinski definition) is 5. The van der Waals surface area contributed by atoms with E-state index in [0.717, 1.165) is 0 Å². The number of pyridine rings is 1. The first-order valence-electron chi connectivity index (χ1n) is 6.14. The maximum Gasteiger partial charge on any atom is 0.319 e. The third-order valence-corrected chi connectivity index (χ3v) is 2.76. The van der Waals surface area contributed by atoms with Crippen LogP contribution in [0.5, 0.6) is 0 Å². The summed E-state index contributed by atoms with van der Waals surface area (Å²) in [5, 5.41) is 15.6. The predicted molar refractivity (Wildman–Crippen MR) is 76.1 cm³/mol. The van der Waals surface area contributed by atoms with Crippen LogP contribution in [0, 0.1) is 10.1 Å². The first kappa shape index (κ1) is 16.8. The molecule has 1 unspecified atom stereocenters. The molecular weight excluding hydrogens is 300 g/mol. The number of hydrogen-bond donors (Lipinski definition) is 2. The van der Waals surface area contributed by atoms with Crippen LogP contribution in [0.2, 0.25) is 5.15 Å². The Hall–Kier alpha value is -2.22. The minimum atomic E-state index is -0.841. The van der Waals surface area contributed by atoms with Gasteiger partial charge < -0.3 is 10.6 Å². The van der Waals surface area contributed by atoms with Gasteiger partial charge in [0.2, 0.25) is 11.1 Å². The summed E-state index contributed by atoms with van der Waals surface area (Å²) in [6, 6.07) is 0.250. The zero-order valence-corrected chi connectivity index (χ0v) is 12.5. The number of amides is 2. The molecule has 0 aliphatic heterocycles. The van der Waals surface area contributed by atoms with Crippen LogP contribution >= 0.6 is 11.6 Å². The average Bonchev–Trinajstić information content (AvgIpc) is 2.36. The fraction of sp³-hybridized carbons (Fsp3) is 0.417. The summed E-state index contributed by atoms with van der Waals surface area (Å²) < 4.78 is 0. The second kappa shape index (κ2) is 6.98. The van der Waals surface area contributed by atoms with E-state index < -0.39 is 22.6 Å². The number of rotatable bonds is 5. The SMILES string of the molecule is CC(C)NC(=O)C(C)NC(=O)c1ccnc(Cl)c1[N+](=O)[O-]. The first-order chi connectivity index (χ1) is 9.73. The lowest BCUT2D eigenvalue weighted by molar-refractivity contribution is -0.385. The summed E-state index contributed by atoms with van der Waals surface area (Å²) in [5.41, 5.74) is -0.836. The van der Waals surface area contributed by atoms with E-state index in [4.69, 9.17) is 11.6 Å². The second-order valence-corrected chi connectivity index (χ2v) is 4.97. The average molecular weight is 315 g/mol. The molecule has 1 aromatic heterocycles. The van der Waals surface area contributed by atoms with E-state index in [1.54, 1.807) is 13.8 Å². The number of nitrogens with zero attached hydrogens (tertiary/aromatic N) is 2. The van der Waals surface area contributed by atoms with Crippen molar-refractivity contribution in [1.82, 2.24) is 15.6 Å². The molecule has 0 fully saturated rings. The van der Waals surface area contributed by atoms with Gasteiger partial charge in [0.05, 0.1) is 4.92 Å². The summed E-state index contributed by atoms with van der Waals surface area (Å²) in [6.45, 7) is 5.03. The molecule has 0 aliphatic rings. The van der Waals surface area contributed by atoms with Crippen molar-refractivity contribution in [2.45, 2.75) is 32.9 Å². The minimum Gasteiger partial charge on any atom is -0.352 e. The lowest BCUT2D eigenvalue weighted by Crippen LogP contribution is -2.46. The summed E-state index contributed by atoms with van der Waals surface area (Å²) in [4.78, 5) is 37.5. The van der Waals surface area contributed by atoms with E-state index in [0.29, 0.717) is 0 Å². The Balaban J connectivity index is 2.93. The fourth-order valence-electron chi connectivity index (χ4n) is 1.53. The zero-order valence-electron chi connectivity index (χ0n) is 11.7. The van der Waals surface area contributed by atoms with Gasteiger partial charge in [-0.05, 0) is 26.8 Å². The maximum absolute atomic E-state index is 12.0. The Bertz CT molecular complexity index is 576. The van der Waals surface area contributed by atoms with Crippen LogP contribution in [0.3, 0.4) is 0 Å². The highest BCUT2D eigenvalue weighted by Gasteiger charge is 2.26. The molecule has 0 saturated carbocycles. The van der Waals surface area contributed by atoms with E-state index in [1.807, 2.05) is 0 Å². The smallest absolute Gasteiger partial charge is 0.319 e. The molecular formula is C12H15ClN4O4. The van der Waals surface area contributed by atoms with Crippen molar-refractivity contribution in [3.05, 3.63) is 33.1 Å². The Morgan fingerprint density at radius 3 is 2.48 bits per heavy atom. The number of carbonyl (C=O) groups excluding carboxylic acids is 2. The van der Waals surface area contributed by atoms with Gasteiger partial charge in [-0.3, -0.25) is 19.7 Å². The van der Waals surface area contributed by atoms with Gasteiger partial charge in [-0.2, -0.15) is 0 Å². The largest absolute Gasteiger partial charge is 0.352 e. The standard InChI is InChI=1S/C12H15ClN4O4/c1-6(2)15-11(18)7(3)16-12(19)8-4-5-14-10(13)9(8)17(20)21/h4-7H,1-3H3,(H,15,18)(H,16,19). The first-order valence-corrected chi connectivity index (χ1v) is 6.52. The highest BCUT2D eigenvalue weighted by molar-refractivity contribution is 6.32. The van der Waals surface area contributed by atoms with Crippen LogP contribution in [0.4, 0.5) is 5.69 Å². The molecule has 9 heteroatoms. The van der Waals surface area contributed by atoms with Gasteiger partial charge in [-0.15, -0.1) is 0 Å². The van der Waals surface area contributed by atoms with Crippen molar-refractivity contribution in [2.75, 3.05) is 0 Å². The Labute approximate surface area is 126 Å². The van der Waals surface area contributed by atoms with Gasteiger partial charge in [0.15, 0.2) is 0 Å². The lowest BCUT2D eigenvalue weighted by atomic mass is 10.2. The van der Waals surface area contributed by atoms with Crippen molar-refractivity contribution in [3.8, 4) is 0 Å². The summed E-state index contributed by atoms with van der Waals surface area (Å²) in [7, 11) is 0. The van der Waals surface area contributed by atoms with Gasteiger partial charge in [0.1, 0.15) is 11.6 Å². The number of carbonyl (C=O) groups is 2. The third-order valence-electron chi connectivity index (χ3n) is 2.48. The molecule has 1 heterocycles. The van der Waals surface area contributed by atoms with Gasteiger partial charge in [-0.25, -0.2) is 4.98 Å². The van der Waals surface area contributed by atoms with E-state index in [1.165, 1.54) is 19.2 Å². The second-order valence-electron chi connectivity index (χ2n) is 4.61. The molecule has 0 aliphatic carbocycles. The normalized spacial score (nSPS) is 11.9. The van der Waals surface area contributed by atoms with Crippen molar-refractivity contribution in [2.24, 2.45) is 0 Å². The molecule has 0 saturated heterocycles. The van der Waals surface area contributed by atoms with Crippen LogP contribution in [-0.2, 0) is 4.79 Å². The van der Waals surface area contributed by atoms with Crippen LogP contribution in [0.15, 0.2) is 12.3 Å². The molecule has 21 heavy (non-hydrogen) atoms. The van der Waals surface area contributed by atoms with Crippen LogP contribution < -0.4 is 10.6 Å². The van der Waals surface area contributed by atoms with Crippen LogP contribution in [-0.4, -0.2) is 33.8 Å². The van der Waals surface area contributed by atoms with E-state index >= 15 is 0 Å². The predicted octanol–water partition coefficient (Wildman–Crippen LogP) is 1.29. The van der Waals surface area contributed by atoms with Crippen LogP contribution in [0.25, 0.3) is 0 Å². The molecule has 0 bridgehead atoms. The van der Waals surface area contributed by atoms with Crippen molar-refractivity contribution in [1.29, 1.82) is 0 Å². The number of aromatic nitrogens is 1. The minimum absolute atomic E-state index is 0.0819. The topological polar surface area (TPSA) is 114 Å². The van der Waals surface area contributed by atoms with Gasteiger partial charge >= 0.3 is 5.69 Å². The Morgan fingerprint density at radius 1 is 1.33 bits per heavy atom. The van der Waals surface area contributed by atoms with Crippen molar-refractivity contribution in [3.63, 3.8) is 0 Å². The van der Waals surface area contributed by atoms with Crippen molar-refractivity contribution >= 4 is 29.1 Å². The van der Waals surface area contributed by atoms with E-state index in [-0.39, 0.29) is 22.7 Å². The highest BCUT2D eigenvalue weighted by Crippen LogP contribution is 2.25. The molecule has 0 radical (unpaired) electrons. The highest BCUT2D eigenvalue weighted by atomic mass is 35.5. The summed E-state index contributed by atoms with van der Waals surface area (Å²) >= 11 is 5.62. The molecule has 2 N–H and O–H groups in total. The van der Waals surface area contributed by atoms with Gasteiger partial charge in [0, 0.05) is 12.2 Å². The van der Waals surface area contributed by atoms with Crippen LogP contribution in [0.1, 0.15) is 31.1 Å². The van der Waals surface area contributed by atoms with E-state index in [9.17, 15) is 19.7 Å². The fourth-order valence-corrected chi connectivity index (χ4v) is 1.76. The molecule has 0 aromatic carbocycles. The van der Waals surface area contributed by atoms with E-state index in [2.05, 4.69) is 15.6 Å². The molecule has 1 rings (SSSR count). The lowest BCUT2D eigenvalue weighted by Gasteiger charge is -2.16. The molecule has 2 amide bonds. The molecule has 114 valence electrons. The Kier molecular flexibility index (Phi) is 5.60. The van der Waals surface area contributed by atoms with Crippen molar-refractivity contribution < 1.29 is 14.5 Å². The Morgan fingerprint density at radius 2 is 1.95 bits per heavy atom. The quantitative estimate of drug-likeness (QED) is 0.483. The molecule has 1 aromatic rings. The number of halogens is 1. The van der Waals surface area contributed by atoms with Gasteiger partial charge in [0.25, 0.3) is 5.91 Å². The number of nitrogens with one attached hydrogen (secondary N) is 2. The summed E-state index contributed by atoms with van der Waals surface area (Å²) in [6.07, 6.45) is 1.18. The maximum atomic E-state index is 12.0. The monoisotopic (exact) mass is 314 g/mol. The van der Waals surface area contributed by atoms with Gasteiger partial charge in [-0.1, -0.05) is 11.6 Å². The number of nitro groups is 1. The molecule has 0 spiro atoms. The molecule has 8 nitrogen and oxygen atoms in total. The summed E-state index contributed by atoms with van der Waals surface area (Å²) in [5.74, 6) is -1.15. The molecule has 1 atom stereocenters. The third kappa shape index (κ3) is 4.38. The zero-order chi connectivity index (χ0) is 16.2.